The lowest BCUT2D eigenvalue weighted by Gasteiger charge is -2.32. The average molecular weight is 227 g/mol. The summed E-state index contributed by atoms with van der Waals surface area (Å²) in [5.74, 6) is -0.00685. The lowest BCUT2D eigenvalue weighted by Crippen LogP contribution is -2.41. The van der Waals surface area contributed by atoms with Crippen LogP contribution in [-0.4, -0.2) is 24.3 Å². The van der Waals surface area contributed by atoms with E-state index in [9.17, 15) is 0 Å². The van der Waals surface area contributed by atoms with Gasteiger partial charge in [-0.15, -0.1) is 0 Å². The van der Waals surface area contributed by atoms with E-state index in [1.807, 2.05) is 0 Å². The van der Waals surface area contributed by atoms with Gasteiger partial charge >= 0.3 is 7.12 Å². The molecule has 0 amide bonds. The van der Waals surface area contributed by atoms with Gasteiger partial charge in [0.1, 0.15) is 0 Å². The van der Waals surface area contributed by atoms with Gasteiger partial charge in [0.05, 0.1) is 11.2 Å². The Bertz CT molecular complexity index is 215. The Hall–Kier alpha value is -0.0551. The van der Waals surface area contributed by atoms with Gasteiger partial charge in [0.25, 0.3) is 0 Å². The van der Waals surface area contributed by atoms with Crippen molar-refractivity contribution in [2.24, 2.45) is 5.73 Å². The minimum absolute atomic E-state index is 0.00685. The van der Waals surface area contributed by atoms with E-state index in [-0.39, 0.29) is 24.3 Å². The summed E-state index contributed by atoms with van der Waals surface area (Å²) in [6, 6.07) is 0. The molecule has 4 heteroatoms. The molecule has 1 saturated heterocycles. The van der Waals surface area contributed by atoms with E-state index in [1.165, 1.54) is 12.8 Å². The minimum atomic E-state index is -0.264. The maximum absolute atomic E-state index is 6.11. The molecule has 1 fully saturated rings. The van der Waals surface area contributed by atoms with Gasteiger partial charge in [-0.05, 0) is 34.1 Å². The standard InChI is InChI=1S/C12H26BNO2/c1-6-7-8-9-10(14)13-15-11(2,3)12(4,5)16-13/h10H,6-9,14H2,1-5H3. The van der Waals surface area contributed by atoms with Crippen molar-refractivity contribution in [2.75, 3.05) is 0 Å². The first kappa shape index (κ1) is 14.0. The molecule has 1 rings (SSSR count). The first-order valence-electron chi connectivity index (χ1n) is 6.41. The van der Waals surface area contributed by atoms with E-state index >= 15 is 0 Å². The zero-order valence-corrected chi connectivity index (χ0v) is 11.4. The van der Waals surface area contributed by atoms with Crippen molar-refractivity contribution < 1.29 is 9.31 Å². The fourth-order valence-corrected chi connectivity index (χ4v) is 1.83. The van der Waals surface area contributed by atoms with E-state index in [4.69, 9.17) is 15.0 Å². The largest absolute Gasteiger partial charge is 0.475 e. The van der Waals surface area contributed by atoms with Crippen LogP contribution in [0.15, 0.2) is 0 Å². The second-order valence-corrected chi connectivity index (χ2v) is 5.78. The van der Waals surface area contributed by atoms with Crippen molar-refractivity contribution in [2.45, 2.75) is 77.4 Å². The molecule has 16 heavy (non-hydrogen) atoms. The van der Waals surface area contributed by atoms with Crippen LogP contribution in [0.25, 0.3) is 0 Å². The molecule has 0 bridgehead atoms. The molecular weight excluding hydrogens is 201 g/mol. The molecule has 0 radical (unpaired) electrons. The monoisotopic (exact) mass is 227 g/mol. The van der Waals surface area contributed by atoms with Gasteiger partial charge in [0, 0.05) is 5.94 Å². The molecule has 0 aromatic rings. The van der Waals surface area contributed by atoms with Gasteiger partial charge in [0.15, 0.2) is 0 Å². The normalized spacial score (nSPS) is 24.8. The summed E-state index contributed by atoms with van der Waals surface area (Å²) in [6.07, 6.45) is 4.58. The maximum Gasteiger partial charge on any atom is 0.475 e. The minimum Gasteiger partial charge on any atom is -0.402 e. The number of hydrogen-bond acceptors (Lipinski definition) is 3. The molecule has 0 saturated carbocycles. The highest BCUT2D eigenvalue weighted by molar-refractivity contribution is 6.47. The van der Waals surface area contributed by atoms with E-state index in [1.54, 1.807) is 0 Å². The highest BCUT2D eigenvalue weighted by atomic mass is 16.7. The Morgan fingerprint density at radius 3 is 2.00 bits per heavy atom. The van der Waals surface area contributed by atoms with Crippen LogP contribution in [0.1, 0.15) is 60.3 Å². The van der Waals surface area contributed by atoms with Crippen molar-refractivity contribution in [3.05, 3.63) is 0 Å². The molecule has 1 unspecified atom stereocenters. The molecule has 1 aliphatic rings. The summed E-state index contributed by atoms with van der Waals surface area (Å²) in [5.41, 5.74) is 5.58. The molecule has 0 aromatic heterocycles. The van der Waals surface area contributed by atoms with E-state index < -0.39 is 0 Å². The summed E-state index contributed by atoms with van der Waals surface area (Å²) in [6.45, 7) is 10.4. The topological polar surface area (TPSA) is 44.5 Å². The molecule has 1 aliphatic heterocycles. The molecule has 0 aromatic carbocycles. The van der Waals surface area contributed by atoms with Crippen LogP contribution < -0.4 is 5.73 Å². The third-order valence-corrected chi connectivity index (χ3v) is 3.76. The molecule has 0 aliphatic carbocycles. The van der Waals surface area contributed by atoms with Gasteiger partial charge in [-0.1, -0.05) is 26.2 Å². The van der Waals surface area contributed by atoms with Crippen LogP contribution in [0, 0.1) is 0 Å². The molecule has 1 heterocycles. The van der Waals surface area contributed by atoms with Crippen molar-refractivity contribution in [1.82, 2.24) is 0 Å². The van der Waals surface area contributed by atoms with Gasteiger partial charge in [-0.2, -0.15) is 0 Å². The molecule has 3 nitrogen and oxygen atoms in total. The van der Waals surface area contributed by atoms with Crippen molar-refractivity contribution in [1.29, 1.82) is 0 Å². The summed E-state index contributed by atoms with van der Waals surface area (Å²) >= 11 is 0. The average Bonchev–Trinajstić information content (AvgIpc) is 2.36. The Morgan fingerprint density at radius 1 is 1.06 bits per heavy atom. The number of nitrogens with two attached hydrogens (primary N) is 1. The van der Waals surface area contributed by atoms with Gasteiger partial charge in [-0.3, -0.25) is 0 Å². The molecule has 1 atom stereocenters. The summed E-state index contributed by atoms with van der Waals surface area (Å²) in [5, 5.41) is 0. The summed E-state index contributed by atoms with van der Waals surface area (Å²) in [7, 11) is -0.248. The van der Waals surface area contributed by atoms with Crippen LogP contribution in [0.3, 0.4) is 0 Å². The smallest absolute Gasteiger partial charge is 0.402 e. The van der Waals surface area contributed by atoms with Crippen LogP contribution in [0.5, 0.6) is 0 Å². The van der Waals surface area contributed by atoms with Gasteiger partial charge in [-0.25, -0.2) is 0 Å². The van der Waals surface area contributed by atoms with E-state index in [0.29, 0.717) is 0 Å². The highest BCUT2D eigenvalue weighted by Crippen LogP contribution is 2.37. The number of unbranched alkanes of at least 4 members (excludes halogenated alkanes) is 2. The first-order chi connectivity index (χ1) is 7.30. The number of hydrogen-bond donors (Lipinski definition) is 1. The van der Waals surface area contributed by atoms with Crippen molar-refractivity contribution in [3.8, 4) is 0 Å². The third-order valence-electron chi connectivity index (χ3n) is 3.76. The Labute approximate surface area is 100 Å². The highest BCUT2D eigenvalue weighted by Gasteiger charge is 2.52. The van der Waals surface area contributed by atoms with Crippen LogP contribution >= 0.6 is 0 Å². The van der Waals surface area contributed by atoms with E-state index in [2.05, 4.69) is 34.6 Å². The Morgan fingerprint density at radius 2 is 1.56 bits per heavy atom. The number of rotatable bonds is 5. The van der Waals surface area contributed by atoms with Crippen LogP contribution in [0.4, 0.5) is 0 Å². The zero-order valence-electron chi connectivity index (χ0n) is 11.4. The van der Waals surface area contributed by atoms with E-state index in [0.717, 1.165) is 12.8 Å². The second kappa shape index (κ2) is 5.07. The Kier molecular flexibility index (Phi) is 4.44. The fourth-order valence-electron chi connectivity index (χ4n) is 1.83. The van der Waals surface area contributed by atoms with Crippen LogP contribution in [0.2, 0.25) is 0 Å². The Balaban J connectivity index is 2.46. The van der Waals surface area contributed by atoms with Crippen molar-refractivity contribution in [3.63, 3.8) is 0 Å². The predicted octanol–water partition coefficient (Wildman–Crippen LogP) is 2.53. The summed E-state index contributed by atoms with van der Waals surface area (Å²) < 4.78 is 11.8. The lowest BCUT2D eigenvalue weighted by molar-refractivity contribution is 0.00578. The molecular formula is C12H26BNO2. The molecule has 2 N–H and O–H groups in total. The van der Waals surface area contributed by atoms with Crippen molar-refractivity contribution >= 4 is 7.12 Å². The predicted molar refractivity (Wildman–Crippen MR) is 68.2 cm³/mol. The zero-order chi connectivity index (χ0) is 12.4. The van der Waals surface area contributed by atoms with Crippen LogP contribution in [-0.2, 0) is 9.31 Å². The van der Waals surface area contributed by atoms with Gasteiger partial charge < -0.3 is 15.0 Å². The second-order valence-electron chi connectivity index (χ2n) is 5.78. The first-order valence-corrected chi connectivity index (χ1v) is 6.41. The SMILES string of the molecule is CCCCCC(N)B1OC(C)(C)C(C)(C)O1. The quantitative estimate of drug-likeness (QED) is 0.579. The molecule has 0 spiro atoms. The van der Waals surface area contributed by atoms with Gasteiger partial charge in [0.2, 0.25) is 0 Å². The molecule has 94 valence electrons. The summed E-state index contributed by atoms with van der Waals surface area (Å²) in [4.78, 5) is 0. The lowest BCUT2D eigenvalue weighted by atomic mass is 9.76. The third kappa shape index (κ3) is 2.99. The maximum atomic E-state index is 6.11. The fraction of sp³-hybridized carbons (Fsp3) is 1.00.